The van der Waals surface area contributed by atoms with E-state index in [0.29, 0.717) is 6.04 Å². The molecule has 2 rings (SSSR count). The van der Waals surface area contributed by atoms with Gasteiger partial charge >= 0.3 is 0 Å². The van der Waals surface area contributed by atoms with Crippen LogP contribution in [0.15, 0.2) is 36.7 Å². The molecule has 0 aliphatic carbocycles. The molecule has 3 heteroatoms. The number of nitrogens with zero attached hydrogens (tertiary/aromatic N) is 2. The minimum atomic E-state index is 0.287. The maximum atomic E-state index is 4.33. The van der Waals surface area contributed by atoms with Crippen molar-refractivity contribution in [1.82, 2.24) is 9.78 Å². The molecule has 1 aromatic heterocycles. The smallest absolute Gasteiger partial charge is 0.0731 e. The van der Waals surface area contributed by atoms with Gasteiger partial charge in [-0.05, 0) is 33.3 Å². The molecule has 1 atom stereocenters. The summed E-state index contributed by atoms with van der Waals surface area (Å²) in [4.78, 5) is 0. The first-order valence-corrected chi connectivity index (χ1v) is 6.43. The number of hydrogen-bond donors (Lipinski definition) is 1. The van der Waals surface area contributed by atoms with Crippen LogP contribution in [0, 0.1) is 6.92 Å². The second kappa shape index (κ2) is 5.25. The first kappa shape index (κ1) is 12.7. The van der Waals surface area contributed by atoms with Gasteiger partial charge in [0.25, 0.3) is 0 Å². The summed E-state index contributed by atoms with van der Waals surface area (Å²) < 4.78 is 1.96. The molecule has 0 fully saturated rings. The standard InChI is InChI=1S/C15H21N3/c1-11(2)18-10-15(9-16-18)17-13(4)14-7-5-6-12(3)8-14/h5-11,13,17H,1-4H3. The highest BCUT2D eigenvalue weighted by Crippen LogP contribution is 2.20. The van der Waals surface area contributed by atoms with Gasteiger partial charge < -0.3 is 5.32 Å². The van der Waals surface area contributed by atoms with Crippen LogP contribution in [0.2, 0.25) is 0 Å². The lowest BCUT2D eigenvalue weighted by Crippen LogP contribution is -2.06. The Morgan fingerprint density at radius 2 is 2.00 bits per heavy atom. The van der Waals surface area contributed by atoms with Gasteiger partial charge in [0.15, 0.2) is 0 Å². The van der Waals surface area contributed by atoms with Crippen molar-refractivity contribution in [1.29, 1.82) is 0 Å². The Morgan fingerprint density at radius 3 is 2.61 bits per heavy atom. The molecule has 0 saturated carbocycles. The molecular weight excluding hydrogens is 222 g/mol. The van der Waals surface area contributed by atoms with Crippen LogP contribution < -0.4 is 5.32 Å². The maximum Gasteiger partial charge on any atom is 0.0731 e. The summed E-state index contributed by atoms with van der Waals surface area (Å²) in [6.45, 7) is 8.54. The lowest BCUT2D eigenvalue weighted by Gasteiger charge is -2.14. The molecule has 3 nitrogen and oxygen atoms in total. The van der Waals surface area contributed by atoms with Crippen molar-refractivity contribution >= 4 is 5.69 Å². The molecule has 1 unspecified atom stereocenters. The molecule has 0 aliphatic rings. The van der Waals surface area contributed by atoms with Crippen LogP contribution in [0.25, 0.3) is 0 Å². The Balaban J connectivity index is 2.08. The van der Waals surface area contributed by atoms with E-state index in [2.05, 4.69) is 68.6 Å². The Hall–Kier alpha value is -1.77. The van der Waals surface area contributed by atoms with Crippen LogP contribution in [0.3, 0.4) is 0 Å². The summed E-state index contributed by atoms with van der Waals surface area (Å²) in [6, 6.07) is 9.26. The second-order valence-electron chi connectivity index (χ2n) is 5.08. The number of aryl methyl sites for hydroxylation is 1. The summed E-state index contributed by atoms with van der Waals surface area (Å²) >= 11 is 0. The Kier molecular flexibility index (Phi) is 3.70. The molecule has 1 heterocycles. The first-order chi connectivity index (χ1) is 8.56. The number of aromatic nitrogens is 2. The summed E-state index contributed by atoms with van der Waals surface area (Å²) in [7, 11) is 0. The molecule has 0 radical (unpaired) electrons. The number of anilines is 1. The Bertz CT molecular complexity index is 514. The molecule has 0 aliphatic heterocycles. The Labute approximate surface area is 109 Å². The van der Waals surface area contributed by atoms with Crippen molar-refractivity contribution < 1.29 is 0 Å². The molecule has 0 saturated heterocycles. The zero-order chi connectivity index (χ0) is 13.1. The third-order valence-corrected chi connectivity index (χ3v) is 3.06. The fourth-order valence-corrected chi connectivity index (χ4v) is 1.97. The normalized spacial score (nSPS) is 12.7. The first-order valence-electron chi connectivity index (χ1n) is 6.43. The Morgan fingerprint density at radius 1 is 1.22 bits per heavy atom. The van der Waals surface area contributed by atoms with E-state index in [1.807, 2.05) is 10.9 Å². The predicted octanol–water partition coefficient (Wildman–Crippen LogP) is 3.95. The minimum absolute atomic E-state index is 0.287. The molecule has 18 heavy (non-hydrogen) atoms. The summed E-state index contributed by atoms with van der Waals surface area (Å²) in [5, 5.41) is 7.81. The van der Waals surface area contributed by atoms with Gasteiger partial charge in [-0.15, -0.1) is 0 Å². The van der Waals surface area contributed by atoms with E-state index in [-0.39, 0.29) is 6.04 Å². The second-order valence-corrected chi connectivity index (χ2v) is 5.08. The molecule has 0 bridgehead atoms. The molecule has 1 aromatic carbocycles. The molecular formula is C15H21N3. The summed E-state index contributed by atoms with van der Waals surface area (Å²) in [5.74, 6) is 0. The highest BCUT2D eigenvalue weighted by molar-refractivity contribution is 5.42. The number of hydrogen-bond acceptors (Lipinski definition) is 2. The van der Waals surface area contributed by atoms with Crippen molar-refractivity contribution in [3.63, 3.8) is 0 Å². The van der Waals surface area contributed by atoms with Gasteiger partial charge in [-0.3, -0.25) is 4.68 Å². The lowest BCUT2D eigenvalue weighted by molar-refractivity contribution is 0.532. The monoisotopic (exact) mass is 243 g/mol. The van der Waals surface area contributed by atoms with Crippen LogP contribution in [0.5, 0.6) is 0 Å². The van der Waals surface area contributed by atoms with Crippen molar-refractivity contribution in [2.45, 2.75) is 39.8 Å². The van der Waals surface area contributed by atoms with Crippen molar-refractivity contribution in [2.75, 3.05) is 5.32 Å². The molecule has 0 spiro atoms. The average molecular weight is 243 g/mol. The average Bonchev–Trinajstić information content (AvgIpc) is 2.77. The largest absolute Gasteiger partial charge is 0.376 e. The van der Waals surface area contributed by atoms with Gasteiger partial charge in [0.2, 0.25) is 0 Å². The van der Waals surface area contributed by atoms with Crippen molar-refractivity contribution in [3.05, 3.63) is 47.8 Å². The molecule has 96 valence electrons. The highest BCUT2D eigenvalue weighted by Gasteiger charge is 2.07. The third-order valence-electron chi connectivity index (χ3n) is 3.06. The SMILES string of the molecule is Cc1cccc(C(C)Nc2cnn(C(C)C)c2)c1. The van der Waals surface area contributed by atoms with Crippen molar-refractivity contribution in [3.8, 4) is 0 Å². The number of rotatable bonds is 4. The number of nitrogens with one attached hydrogen (secondary N) is 1. The van der Waals surface area contributed by atoms with E-state index in [9.17, 15) is 0 Å². The van der Waals surface area contributed by atoms with Crippen LogP contribution in [0.1, 0.15) is 44.0 Å². The fraction of sp³-hybridized carbons (Fsp3) is 0.400. The van der Waals surface area contributed by atoms with E-state index in [1.165, 1.54) is 11.1 Å². The van der Waals surface area contributed by atoms with Crippen LogP contribution in [-0.2, 0) is 0 Å². The van der Waals surface area contributed by atoms with E-state index in [1.54, 1.807) is 0 Å². The third kappa shape index (κ3) is 2.92. The quantitative estimate of drug-likeness (QED) is 0.881. The lowest BCUT2D eigenvalue weighted by atomic mass is 10.1. The van der Waals surface area contributed by atoms with Crippen molar-refractivity contribution in [2.24, 2.45) is 0 Å². The molecule has 1 N–H and O–H groups in total. The summed E-state index contributed by atoms with van der Waals surface area (Å²) in [6.07, 6.45) is 3.93. The van der Waals surface area contributed by atoms with Gasteiger partial charge in [0.1, 0.15) is 0 Å². The van der Waals surface area contributed by atoms with Gasteiger partial charge in [-0.1, -0.05) is 29.8 Å². The topological polar surface area (TPSA) is 29.9 Å². The molecule has 2 aromatic rings. The van der Waals surface area contributed by atoms with E-state index in [0.717, 1.165) is 5.69 Å². The van der Waals surface area contributed by atoms with Gasteiger partial charge in [0.05, 0.1) is 11.9 Å². The zero-order valence-corrected chi connectivity index (χ0v) is 11.5. The van der Waals surface area contributed by atoms with E-state index >= 15 is 0 Å². The van der Waals surface area contributed by atoms with Crippen LogP contribution >= 0.6 is 0 Å². The van der Waals surface area contributed by atoms with Crippen LogP contribution in [0.4, 0.5) is 5.69 Å². The van der Waals surface area contributed by atoms with Crippen LogP contribution in [-0.4, -0.2) is 9.78 Å². The van der Waals surface area contributed by atoms with E-state index < -0.39 is 0 Å². The zero-order valence-electron chi connectivity index (χ0n) is 11.5. The minimum Gasteiger partial charge on any atom is -0.376 e. The maximum absolute atomic E-state index is 4.33. The number of benzene rings is 1. The van der Waals surface area contributed by atoms with Gasteiger partial charge in [-0.2, -0.15) is 5.10 Å². The van der Waals surface area contributed by atoms with E-state index in [4.69, 9.17) is 0 Å². The highest BCUT2D eigenvalue weighted by atomic mass is 15.3. The predicted molar refractivity (Wildman–Crippen MR) is 75.8 cm³/mol. The molecule has 0 amide bonds. The summed E-state index contributed by atoms with van der Waals surface area (Å²) in [5.41, 5.74) is 3.66. The fourth-order valence-electron chi connectivity index (χ4n) is 1.97. The van der Waals surface area contributed by atoms with Gasteiger partial charge in [-0.25, -0.2) is 0 Å². The van der Waals surface area contributed by atoms with Gasteiger partial charge in [0, 0.05) is 18.3 Å².